The van der Waals surface area contributed by atoms with Gasteiger partial charge in [0.2, 0.25) is 5.91 Å². The lowest BCUT2D eigenvalue weighted by atomic mass is 9.95. The first-order valence-electron chi connectivity index (χ1n) is 14.2. The van der Waals surface area contributed by atoms with E-state index in [0.29, 0.717) is 0 Å². The van der Waals surface area contributed by atoms with Crippen LogP contribution in [-0.2, 0) is 33.2 Å². The quantitative estimate of drug-likeness (QED) is 0.0890. The second kappa shape index (κ2) is 15.6. The molecule has 18 heteroatoms. The highest BCUT2D eigenvalue weighted by atomic mass is 28.3. The summed E-state index contributed by atoms with van der Waals surface area (Å²) in [5.41, 5.74) is 0. The summed E-state index contributed by atoms with van der Waals surface area (Å²) in [5, 5.41) is 95.2. The van der Waals surface area contributed by atoms with Gasteiger partial charge in [0.25, 0.3) is 0 Å². The van der Waals surface area contributed by atoms with Gasteiger partial charge in [0.05, 0.1) is 19.8 Å². The van der Waals surface area contributed by atoms with E-state index in [1.54, 1.807) is 0 Å². The van der Waals surface area contributed by atoms with Crippen LogP contribution in [0.2, 0.25) is 25.7 Å². The van der Waals surface area contributed by atoms with E-state index in [9.17, 15) is 50.8 Å². The maximum atomic E-state index is 12.1. The van der Waals surface area contributed by atoms with Gasteiger partial charge < -0.3 is 79.7 Å². The van der Waals surface area contributed by atoms with Crippen molar-refractivity contribution in [1.29, 1.82) is 0 Å². The summed E-state index contributed by atoms with van der Waals surface area (Å²) in [5.74, 6) is -0.526. The van der Waals surface area contributed by atoms with Gasteiger partial charge >= 0.3 is 0 Å². The molecule has 0 unspecified atom stereocenters. The molecule has 1 amide bonds. The molecule has 252 valence electrons. The van der Waals surface area contributed by atoms with E-state index in [1.807, 2.05) is 0 Å². The minimum atomic E-state index is -1.90. The predicted molar refractivity (Wildman–Crippen MR) is 145 cm³/mol. The zero-order valence-corrected chi connectivity index (χ0v) is 25.6. The van der Waals surface area contributed by atoms with E-state index in [-0.39, 0.29) is 6.61 Å². The summed E-state index contributed by atoms with van der Waals surface area (Å²) in [6, 6.07) is -0.414. The minimum Gasteiger partial charge on any atom is -0.394 e. The second-order valence-electron chi connectivity index (χ2n) is 12.2. The molecule has 10 N–H and O–H groups in total. The first-order chi connectivity index (χ1) is 20.1. The fraction of sp³-hybridized carbons (Fsp3) is 0.960. The summed E-state index contributed by atoms with van der Waals surface area (Å²) in [4.78, 5) is 12.1. The lowest BCUT2D eigenvalue weighted by molar-refractivity contribution is -0.373. The predicted octanol–water partition coefficient (Wildman–Crippen LogP) is -5.07. The van der Waals surface area contributed by atoms with E-state index in [4.69, 9.17) is 28.4 Å². The van der Waals surface area contributed by atoms with Crippen LogP contribution < -0.4 is 5.32 Å². The third-order valence-corrected chi connectivity index (χ3v) is 9.31. The van der Waals surface area contributed by atoms with Crippen LogP contribution in [0, 0.1) is 0 Å². The molecule has 0 aromatic carbocycles. The third-order valence-electron chi connectivity index (χ3n) is 7.61. The fourth-order valence-corrected chi connectivity index (χ4v) is 5.79. The molecule has 0 spiro atoms. The van der Waals surface area contributed by atoms with Crippen molar-refractivity contribution in [2.75, 3.05) is 26.4 Å². The van der Waals surface area contributed by atoms with Crippen LogP contribution in [0.5, 0.6) is 0 Å². The van der Waals surface area contributed by atoms with Gasteiger partial charge in [0.15, 0.2) is 18.9 Å². The van der Waals surface area contributed by atoms with Gasteiger partial charge in [-0.15, -0.1) is 0 Å². The molecular weight excluding hydrogens is 598 g/mol. The van der Waals surface area contributed by atoms with Crippen LogP contribution in [0.15, 0.2) is 0 Å². The molecule has 3 heterocycles. The van der Waals surface area contributed by atoms with Crippen LogP contribution in [0.25, 0.3) is 0 Å². The third kappa shape index (κ3) is 8.88. The van der Waals surface area contributed by atoms with E-state index in [2.05, 4.69) is 25.0 Å². The molecule has 0 aromatic rings. The number of aliphatic hydroxyl groups is 9. The summed E-state index contributed by atoms with van der Waals surface area (Å²) in [6.07, 6.45) is -22.2. The number of rotatable bonds is 12. The molecule has 43 heavy (non-hydrogen) atoms. The van der Waals surface area contributed by atoms with Crippen molar-refractivity contribution in [3.05, 3.63) is 0 Å². The molecular formula is C25H47NO16Si. The number of nitrogens with one attached hydrogen (secondary N) is 1. The van der Waals surface area contributed by atoms with E-state index in [1.165, 1.54) is 6.92 Å². The SMILES string of the molecule is CC(=O)N[C@H]1[C@@H](OCC[Si](C)(C)C)O[C@H](CO)[C@H](O)[C@@H]1O[C@@H]1O[C@H](CO)[C@H](O[C@@H]2O[C@H](CO)[C@H](O)[C@H](O)[C@H]2O)[C@H](O)[C@H]1O. The van der Waals surface area contributed by atoms with Gasteiger partial charge in [-0.25, -0.2) is 0 Å². The normalized spacial score (nSPS) is 44.3. The number of aliphatic hydroxyl groups excluding tert-OH is 9. The van der Waals surface area contributed by atoms with Gasteiger partial charge in [-0.2, -0.15) is 0 Å². The summed E-state index contributed by atoms with van der Waals surface area (Å²) in [7, 11) is -1.53. The van der Waals surface area contributed by atoms with Crippen molar-refractivity contribution in [1.82, 2.24) is 5.32 Å². The minimum absolute atomic E-state index is 0.252. The Balaban J connectivity index is 1.79. The Morgan fingerprint density at radius 3 is 1.70 bits per heavy atom. The van der Waals surface area contributed by atoms with Crippen LogP contribution >= 0.6 is 0 Å². The van der Waals surface area contributed by atoms with E-state index < -0.39 is 126 Å². The topological polar surface area (TPSA) is 267 Å². The van der Waals surface area contributed by atoms with Crippen molar-refractivity contribution in [3.63, 3.8) is 0 Å². The van der Waals surface area contributed by atoms with Gasteiger partial charge in [-0.05, 0) is 6.04 Å². The van der Waals surface area contributed by atoms with Crippen molar-refractivity contribution >= 4 is 14.0 Å². The lowest BCUT2D eigenvalue weighted by Gasteiger charge is -2.49. The van der Waals surface area contributed by atoms with Crippen LogP contribution in [0.4, 0.5) is 0 Å². The number of hydrogen-bond acceptors (Lipinski definition) is 16. The molecule has 3 fully saturated rings. The van der Waals surface area contributed by atoms with Crippen molar-refractivity contribution in [2.24, 2.45) is 0 Å². The standard InChI is InChI=1S/C25H47NO16Si/c1-10(30)26-14-22(16(32)12(8-28)38-23(14)37-5-6-43(2,3)4)42-25-20(36)18(34)21(13(9-29)40-25)41-24-19(35)17(33)15(31)11(7-27)39-24/h11-25,27-29,31-36H,5-9H2,1-4H3,(H,26,30)/t11-,12-,13-,14-,15+,16+,17+,18-,19-,20-,21+,22-,23+,24+,25+/m1/s1. The van der Waals surface area contributed by atoms with Crippen molar-refractivity contribution in [2.45, 2.75) is 125 Å². The van der Waals surface area contributed by atoms with Gasteiger partial charge in [0, 0.05) is 21.6 Å². The molecule has 17 nitrogen and oxygen atoms in total. The van der Waals surface area contributed by atoms with Crippen LogP contribution in [0.3, 0.4) is 0 Å². The van der Waals surface area contributed by atoms with E-state index in [0.717, 1.165) is 6.04 Å². The molecule has 0 aromatic heterocycles. The first-order valence-corrected chi connectivity index (χ1v) is 17.9. The molecule has 15 atom stereocenters. The molecule has 0 saturated carbocycles. The smallest absolute Gasteiger partial charge is 0.217 e. The lowest BCUT2D eigenvalue weighted by Crippen LogP contribution is -2.68. The highest BCUT2D eigenvalue weighted by molar-refractivity contribution is 6.76. The number of carbonyl (C=O) groups excluding carboxylic acids is 1. The maximum Gasteiger partial charge on any atom is 0.217 e. The summed E-state index contributed by atoms with van der Waals surface area (Å²) in [6.45, 7) is 5.68. The van der Waals surface area contributed by atoms with Crippen molar-refractivity contribution in [3.8, 4) is 0 Å². The zero-order valence-electron chi connectivity index (χ0n) is 24.6. The van der Waals surface area contributed by atoms with Gasteiger partial charge in [-0.3, -0.25) is 4.79 Å². The molecule has 3 rings (SSSR count). The number of amides is 1. The Morgan fingerprint density at radius 1 is 0.674 bits per heavy atom. The Hall–Kier alpha value is -0.913. The highest BCUT2D eigenvalue weighted by Crippen LogP contribution is 2.33. The number of carbonyl (C=O) groups is 1. The Bertz CT molecular complexity index is 879. The summed E-state index contributed by atoms with van der Waals surface area (Å²) < 4.78 is 34.0. The molecule has 0 radical (unpaired) electrons. The molecule has 3 aliphatic heterocycles. The average Bonchev–Trinajstić information content (AvgIpc) is 2.94. The average molecular weight is 646 g/mol. The van der Waals surface area contributed by atoms with Gasteiger partial charge in [0.1, 0.15) is 73.2 Å². The Labute approximate surface area is 249 Å². The van der Waals surface area contributed by atoms with Crippen LogP contribution in [-0.4, -0.2) is 178 Å². The second-order valence-corrected chi connectivity index (χ2v) is 17.9. The Morgan fingerprint density at radius 2 is 1.16 bits per heavy atom. The van der Waals surface area contributed by atoms with Crippen LogP contribution in [0.1, 0.15) is 6.92 Å². The monoisotopic (exact) mass is 645 g/mol. The largest absolute Gasteiger partial charge is 0.394 e. The number of ether oxygens (including phenoxy) is 6. The number of hydrogen-bond donors (Lipinski definition) is 10. The molecule has 0 bridgehead atoms. The molecule has 3 saturated heterocycles. The molecule has 3 aliphatic rings. The Kier molecular flexibility index (Phi) is 13.2. The maximum absolute atomic E-state index is 12.1. The zero-order chi connectivity index (χ0) is 32.2. The summed E-state index contributed by atoms with van der Waals surface area (Å²) >= 11 is 0. The van der Waals surface area contributed by atoms with E-state index >= 15 is 0 Å². The first kappa shape index (κ1) is 36.6. The molecule has 0 aliphatic carbocycles. The fourth-order valence-electron chi connectivity index (χ4n) is 5.06. The van der Waals surface area contributed by atoms with Gasteiger partial charge in [-0.1, -0.05) is 19.6 Å². The highest BCUT2D eigenvalue weighted by Gasteiger charge is 2.54. The van der Waals surface area contributed by atoms with Crippen molar-refractivity contribution < 1.29 is 79.2 Å².